The molecular formula is C15H18O4. The first kappa shape index (κ1) is 12.6. The third-order valence-electron chi connectivity index (χ3n) is 4.90. The molecule has 3 aliphatic rings. The lowest BCUT2D eigenvalue weighted by molar-refractivity contribution is -0.117. The number of carbonyl (C=O) groups is 1. The highest BCUT2D eigenvalue weighted by atomic mass is 16.6. The Balaban J connectivity index is 2.22. The van der Waals surface area contributed by atoms with Crippen LogP contribution in [0.25, 0.3) is 0 Å². The van der Waals surface area contributed by atoms with Gasteiger partial charge in [0.05, 0.1) is 6.10 Å². The van der Waals surface area contributed by atoms with E-state index in [2.05, 4.69) is 0 Å². The van der Waals surface area contributed by atoms with Crippen molar-refractivity contribution in [2.75, 3.05) is 0 Å². The van der Waals surface area contributed by atoms with Crippen LogP contribution < -0.4 is 0 Å². The Hall–Kier alpha value is -1.39. The van der Waals surface area contributed by atoms with Crippen LogP contribution in [0.3, 0.4) is 0 Å². The maximum absolute atomic E-state index is 11.7. The molecule has 19 heavy (non-hydrogen) atoms. The van der Waals surface area contributed by atoms with Gasteiger partial charge in [-0.05, 0) is 30.6 Å². The van der Waals surface area contributed by atoms with Crippen molar-refractivity contribution in [2.24, 2.45) is 11.3 Å². The Morgan fingerprint density at radius 1 is 1.37 bits per heavy atom. The van der Waals surface area contributed by atoms with Crippen molar-refractivity contribution in [1.29, 1.82) is 0 Å². The van der Waals surface area contributed by atoms with Crippen LogP contribution in [0.4, 0.5) is 0 Å². The van der Waals surface area contributed by atoms with Crippen LogP contribution >= 0.6 is 0 Å². The highest BCUT2D eigenvalue weighted by Crippen LogP contribution is 2.53. The van der Waals surface area contributed by atoms with Crippen LogP contribution in [0.1, 0.15) is 27.2 Å². The monoisotopic (exact) mass is 262 g/mol. The molecule has 0 saturated heterocycles. The number of fused-ring (bicyclic) bond motifs is 2. The summed E-state index contributed by atoms with van der Waals surface area (Å²) in [7, 11) is 0. The first-order valence-corrected chi connectivity index (χ1v) is 6.56. The van der Waals surface area contributed by atoms with Crippen molar-refractivity contribution in [3.63, 3.8) is 0 Å². The summed E-state index contributed by atoms with van der Waals surface area (Å²) < 4.78 is 5.34. The van der Waals surface area contributed by atoms with Crippen LogP contribution in [0.15, 0.2) is 34.6 Å². The van der Waals surface area contributed by atoms with E-state index >= 15 is 0 Å². The van der Waals surface area contributed by atoms with E-state index in [0.717, 1.165) is 5.57 Å². The van der Waals surface area contributed by atoms with Crippen molar-refractivity contribution >= 4 is 5.78 Å². The molecule has 0 amide bonds. The quantitative estimate of drug-likeness (QED) is 0.693. The molecule has 0 bridgehead atoms. The predicted molar refractivity (Wildman–Crippen MR) is 68.9 cm³/mol. The standard InChI is InChI=1S/C15H18O4/c1-7-4-10(16)5-9-6-11-12(8(2)14(18)19-11)13(17)15(7,9)3/h5-7,13-14,17-18H,4H2,1-3H3/t7-,13+,14?,15+/m0/s1. The number of ketones is 1. The van der Waals surface area contributed by atoms with Gasteiger partial charge in [-0.25, -0.2) is 0 Å². The van der Waals surface area contributed by atoms with Crippen LogP contribution in [-0.4, -0.2) is 28.4 Å². The van der Waals surface area contributed by atoms with Gasteiger partial charge in [-0.15, -0.1) is 0 Å². The van der Waals surface area contributed by atoms with E-state index in [4.69, 9.17) is 4.74 Å². The number of carbonyl (C=O) groups excluding carboxylic acids is 1. The molecule has 4 nitrogen and oxygen atoms in total. The molecule has 4 heteroatoms. The average molecular weight is 262 g/mol. The van der Waals surface area contributed by atoms with Gasteiger partial charge in [0.25, 0.3) is 0 Å². The number of aliphatic hydroxyl groups excluding tert-OH is 2. The first-order valence-electron chi connectivity index (χ1n) is 6.56. The second-order valence-corrected chi connectivity index (χ2v) is 5.93. The van der Waals surface area contributed by atoms with E-state index < -0.39 is 17.8 Å². The number of hydrogen-bond acceptors (Lipinski definition) is 4. The van der Waals surface area contributed by atoms with E-state index in [0.29, 0.717) is 23.3 Å². The second kappa shape index (κ2) is 3.81. The van der Waals surface area contributed by atoms with Crippen molar-refractivity contribution in [2.45, 2.75) is 39.6 Å². The molecule has 102 valence electrons. The van der Waals surface area contributed by atoms with Gasteiger partial charge in [0.1, 0.15) is 5.76 Å². The Kier molecular flexibility index (Phi) is 2.53. The summed E-state index contributed by atoms with van der Waals surface area (Å²) in [6, 6.07) is 0. The molecule has 0 fully saturated rings. The van der Waals surface area contributed by atoms with Crippen molar-refractivity contribution in [1.82, 2.24) is 0 Å². The summed E-state index contributed by atoms with van der Waals surface area (Å²) in [5, 5.41) is 20.5. The molecule has 0 saturated carbocycles. The normalized spacial score (nSPS) is 41.3. The van der Waals surface area contributed by atoms with Crippen molar-refractivity contribution in [3.8, 4) is 0 Å². The van der Waals surface area contributed by atoms with Crippen LogP contribution in [0, 0.1) is 11.3 Å². The van der Waals surface area contributed by atoms with Gasteiger partial charge in [-0.3, -0.25) is 4.79 Å². The smallest absolute Gasteiger partial charge is 0.220 e. The van der Waals surface area contributed by atoms with Gasteiger partial charge in [0.15, 0.2) is 5.78 Å². The number of allylic oxidation sites excluding steroid dienone is 2. The molecule has 2 aliphatic carbocycles. The lowest BCUT2D eigenvalue weighted by Crippen LogP contribution is -2.46. The van der Waals surface area contributed by atoms with Crippen molar-refractivity contribution in [3.05, 3.63) is 34.6 Å². The van der Waals surface area contributed by atoms with Crippen LogP contribution in [0.2, 0.25) is 0 Å². The third-order valence-corrected chi connectivity index (χ3v) is 4.90. The van der Waals surface area contributed by atoms with Crippen molar-refractivity contribution < 1.29 is 19.7 Å². The van der Waals surface area contributed by atoms with E-state index in [9.17, 15) is 15.0 Å². The number of ether oxygens (including phenoxy) is 1. The molecule has 0 radical (unpaired) electrons. The summed E-state index contributed by atoms with van der Waals surface area (Å²) in [6.07, 6.45) is 2.08. The molecule has 0 aromatic carbocycles. The fraction of sp³-hybridized carbons (Fsp3) is 0.533. The molecule has 1 heterocycles. The third kappa shape index (κ3) is 1.50. The van der Waals surface area contributed by atoms with E-state index in [1.165, 1.54) is 0 Å². The zero-order chi connectivity index (χ0) is 13.9. The van der Waals surface area contributed by atoms with E-state index in [1.54, 1.807) is 19.1 Å². The molecule has 0 aromatic rings. The summed E-state index contributed by atoms with van der Waals surface area (Å²) in [5.74, 6) is 0.612. The minimum Gasteiger partial charge on any atom is -0.461 e. The molecule has 0 aromatic heterocycles. The largest absolute Gasteiger partial charge is 0.461 e. The molecule has 0 spiro atoms. The molecule has 1 unspecified atom stereocenters. The topological polar surface area (TPSA) is 66.8 Å². The van der Waals surface area contributed by atoms with Crippen LogP contribution in [0.5, 0.6) is 0 Å². The summed E-state index contributed by atoms with van der Waals surface area (Å²) in [6.45, 7) is 5.72. The first-order chi connectivity index (χ1) is 8.85. The maximum atomic E-state index is 11.7. The summed E-state index contributed by atoms with van der Waals surface area (Å²) >= 11 is 0. The molecule has 4 atom stereocenters. The number of aliphatic hydroxyl groups is 2. The molecular weight excluding hydrogens is 244 g/mol. The second-order valence-electron chi connectivity index (χ2n) is 5.93. The highest BCUT2D eigenvalue weighted by Gasteiger charge is 2.51. The highest BCUT2D eigenvalue weighted by molar-refractivity contribution is 5.93. The minimum atomic E-state index is -0.994. The number of rotatable bonds is 0. The summed E-state index contributed by atoms with van der Waals surface area (Å²) in [4.78, 5) is 11.7. The van der Waals surface area contributed by atoms with Crippen LogP contribution in [-0.2, 0) is 9.53 Å². The van der Waals surface area contributed by atoms with Gasteiger partial charge >= 0.3 is 0 Å². The zero-order valence-electron chi connectivity index (χ0n) is 11.3. The van der Waals surface area contributed by atoms with E-state index in [1.807, 2.05) is 13.8 Å². The summed E-state index contributed by atoms with van der Waals surface area (Å²) in [5.41, 5.74) is 1.63. The van der Waals surface area contributed by atoms with E-state index in [-0.39, 0.29) is 11.7 Å². The Bertz CT molecular complexity index is 554. The van der Waals surface area contributed by atoms with Gasteiger partial charge in [-0.1, -0.05) is 13.8 Å². The Morgan fingerprint density at radius 3 is 2.74 bits per heavy atom. The van der Waals surface area contributed by atoms with Gasteiger partial charge < -0.3 is 14.9 Å². The maximum Gasteiger partial charge on any atom is 0.220 e. The SMILES string of the molecule is CC1=C2C(=CC3=CC(=O)C[C@H](C)[C@@]3(C)[C@@H]2O)OC1O. The predicted octanol–water partition coefficient (Wildman–Crippen LogP) is 1.45. The fourth-order valence-electron chi connectivity index (χ4n) is 3.31. The molecule has 2 N–H and O–H groups in total. The Labute approximate surface area is 112 Å². The minimum absolute atomic E-state index is 0.0471. The molecule has 3 rings (SSSR count). The van der Waals surface area contributed by atoms with Gasteiger partial charge in [0.2, 0.25) is 6.29 Å². The zero-order valence-corrected chi connectivity index (χ0v) is 11.3. The average Bonchev–Trinajstić information content (AvgIpc) is 2.60. The Morgan fingerprint density at radius 2 is 2.05 bits per heavy atom. The lowest BCUT2D eigenvalue weighted by Gasteiger charge is -2.46. The van der Waals surface area contributed by atoms with Gasteiger partial charge in [0, 0.05) is 23.0 Å². The number of hydrogen-bond donors (Lipinski definition) is 2. The fourth-order valence-corrected chi connectivity index (χ4v) is 3.31. The lowest BCUT2D eigenvalue weighted by atomic mass is 9.59. The molecule has 1 aliphatic heterocycles. The van der Waals surface area contributed by atoms with Gasteiger partial charge in [-0.2, -0.15) is 0 Å².